The number of aryl methyl sites for hydroxylation is 1. The van der Waals surface area contributed by atoms with Crippen molar-refractivity contribution >= 4 is 11.8 Å². The van der Waals surface area contributed by atoms with Gasteiger partial charge in [0.1, 0.15) is 17.5 Å². The number of rotatable bonds is 4. The van der Waals surface area contributed by atoms with E-state index in [1.807, 2.05) is 11.6 Å². The number of aromatic nitrogens is 5. The lowest BCUT2D eigenvalue weighted by molar-refractivity contribution is 0.266. The minimum absolute atomic E-state index is 0.0980. The molecule has 1 N–H and O–H groups in total. The van der Waals surface area contributed by atoms with E-state index in [0.29, 0.717) is 11.7 Å². The Hall–Kier alpha value is -1.47. The predicted octanol–water partition coefficient (Wildman–Crippen LogP) is 1.61. The topological polar surface area (TPSA) is 76.7 Å². The average Bonchev–Trinajstić information content (AvgIpc) is 3.14. The van der Waals surface area contributed by atoms with Crippen LogP contribution in [0.25, 0.3) is 0 Å². The van der Waals surface area contributed by atoms with Crippen molar-refractivity contribution in [2.24, 2.45) is 7.05 Å². The summed E-state index contributed by atoms with van der Waals surface area (Å²) in [5.41, 5.74) is 2.50. The molecule has 0 unspecified atom stereocenters. The Kier molecular flexibility index (Phi) is 3.19. The van der Waals surface area contributed by atoms with Gasteiger partial charge in [-0.1, -0.05) is 0 Å². The van der Waals surface area contributed by atoms with Gasteiger partial charge in [0, 0.05) is 24.2 Å². The van der Waals surface area contributed by atoms with Crippen LogP contribution in [0.3, 0.4) is 0 Å². The van der Waals surface area contributed by atoms with Crippen LogP contribution in [-0.4, -0.2) is 29.8 Å². The van der Waals surface area contributed by atoms with Crippen molar-refractivity contribution in [3.8, 4) is 0 Å². The lowest BCUT2D eigenvalue weighted by atomic mass is 10.2. The van der Waals surface area contributed by atoms with Crippen LogP contribution in [0.5, 0.6) is 0 Å². The van der Waals surface area contributed by atoms with Gasteiger partial charge in [0.2, 0.25) is 0 Å². The highest BCUT2D eigenvalue weighted by molar-refractivity contribution is 7.99. The molecule has 2 aliphatic rings. The summed E-state index contributed by atoms with van der Waals surface area (Å²) in [7, 11) is 1.87. The van der Waals surface area contributed by atoms with Gasteiger partial charge in [-0.05, 0) is 43.9 Å². The standard InChI is InChI=1S/C14H17N5OS/c1-19-11(7-20)17-18-14(19)21-13-9-3-2-4-10(9)15-12(16-13)8-5-6-8/h8,20H,2-7H2,1H3. The number of hydrogen-bond donors (Lipinski definition) is 1. The van der Waals surface area contributed by atoms with Crippen molar-refractivity contribution in [1.82, 2.24) is 24.7 Å². The van der Waals surface area contributed by atoms with Gasteiger partial charge in [-0.2, -0.15) is 0 Å². The minimum atomic E-state index is -0.0980. The van der Waals surface area contributed by atoms with Gasteiger partial charge in [0.25, 0.3) is 0 Å². The summed E-state index contributed by atoms with van der Waals surface area (Å²) in [6, 6.07) is 0. The molecule has 0 radical (unpaired) electrons. The molecule has 0 atom stereocenters. The van der Waals surface area contributed by atoms with Crippen LogP contribution in [0.15, 0.2) is 10.2 Å². The Morgan fingerprint density at radius 2 is 2.10 bits per heavy atom. The molecule has 0 aromatic carbocycles. The molecule has 21 heavy (non-hydrogen) atoms. The lowest BCUT2D eigenvalue weighted by Gasteiger charge is -2.09. The van der Waals surface area contributed by atoms with E-state index in [9.17, 15) is 5.11 Å². The zero-order chi connectivity index (χ0) is 14.4. The Labute approximate surface area is 127 Å². The van der Waals surface area contributed by atoms with Crippen LogP contribution in [0.2, 0.25) is 0 Å². The third-order valence-corrected chi connectivity index (χ3v) is 5.18. The van der Waals surface area contributed by atoms with Crippen molar-refractivity contribution in [1.29, 1.82) is 0 Å². The SMILES string of the molecule is Cn1c(CO)nnc1Sc1nc(C2CC2)nc2c1CCC2. The average molecular weight is 303 g/mol. The molecular weight excluding hydrogens is 286 g/mol. The Morgan fingerprint density at radius 3 is 2.81 bits per heavy atom. The summed E-state index contributed by atoms with van der Waals surface area (Å²) < 4.78 is 1.82. The summed E-state index contributed by atoms with van der Waals surface area (Å²) in [4.78, 5) is 9.54. The number of hydrogen-bond acceptors (Lipinski definition) is 6. The fourth-order valence-electron chi connectivity index (χ4n) is 2.68. The first-order valence-corrected chi connectivity index (χ1v) is 8.14. The highest BCUT2D eigenvalue weighted by atomic mass is 32.2. The molecule has 0 aliphatic heterocycles. The largest absolute Gasteiger partial charge is 0.388 e. The van der Waals surface area contributed by atoms with Gasteiger partial charge in [-0.3, -0.25) is 0 Å². The van der Waals surface area contributed by atoms with E-state index in [4.69, 9.17) is 9.97 Å². The molecule has 7 heteroatoms. The predicted molar refractivity (Wildman–Crippen MR) is 77.1 cm³/mol. The molecule has 2 aliphatic carbocycles. The van der Waals surface area contributed by atoms with E-state index in [-0.39, 0.29) is 6.61 Å². The molecule has 1 fully saturated rings. The van der Waals surface area contributed by atoms with Crippen molar-refractivity contribution in [3.05, 3.63) is 22.9 Å². The maximum absolute atomic E-state index is 9.22. The molecule has 2 heterocycles. The molecular formula is C14H17N5OS. The van der Waals surface area contributed by atoms with Crippen LogP contribution in [0.1, 0.15) is 48.1 Å². The van der Waals surface area contributed by atoms with E-state index in [2.05, 4.69) is 10.2 Å². The number of aliphatic hydroxyl groups excluding tert-OH is 1. The van der Waals surface area contributed by atoms with Crippen LogP contribution in [-0.2, 0) is 26.5 Å². The molecule has 1 saturated carbocycles. The number of nitrogens with zero attached hydrogens (tertiary/aromatic N) is 5. The molecule has 6 nitrogen and oxygen atoms in total. The molecule has 2 aromatic rings. The second kappa shape index (κ2) is 5.06. The first-order valence-electron chi connectivity index (χ1n) is 7.33. The van der Waals surface area contributed by atoms with Gasteiger partial charge in [0.05, 0.1) is 0 Å². The first-order chi connectivity index (χ1) is 10.3. The van der Waals surface area contributed by atoms with E-state index >= 15 is 0 Å². The van der Waals surface area contributed by atoms with Gasteiger partial charge in [-0.15, -0.1) is 10.2 Å². The molecule has 0 bridgehead atoms. The zero-order valence-corrected chi connectivity index (χ0v) is 12.7. The summed E-state index contributed by atoms with van der Waals surface area (Å²) >= 11 is 1.54. The Morgan fingerprint density at radius 1 is 1.24 bits per heavy atom. The second-order valence-corrected chi connectivity index (χ2v) is 6.61. The van der Waals surface area contributed by atoms with Gasteiger partial charge in [0.15, 0.2) is 11.0 Å². The van der Waals surface area contributed by atoms with E-state index < -0.39 is 0 Å². The summed E-state index contributed by atoms with van der Waals surface area (Å²) in [6.07, 6.45) is 5.69. The fraction of sp³-hybridized carbons (Fsp3) is 0.571. The minimum Gasteiger partial charge on any atom is -0.388 e. The highest BCUT2D eigenvalue weighted by Crippen LogP contribution is 2.41. The zero-order valence-electron chi connectivity index (χ0n) is 11.9. The van der Waals surface area contributed by atoms with Crippen molar-refractivity contribution in [2.75, 3.05) is 0 Å². The van der Waals surface area contributed by atoms with Crippen molar-refractivity contribution in [3.63, 3.8) is 0 Å². The number of aliphatic hydroxyl groups is 1. The quantitative estimate of drug-likeness (QED) is 0.865. The molecule has 0 saturated heterocycles. The van der Waals surface area contributed by atoms with E-state index in [0.717, 1.165) is 35.3 Å². The molecule has 0 amide bonds. The van der Waals surface area contributed by atoms with Gasteiger partial charge in [-0.25, -0.2) is 9.97 Å². The lowest BCUT2D eigenvalue weighted by Crippen LogP contribution is -2.03. The van der Waals surface area contributed by atoms with E-state index in [1.54, 1.807) is 11.8 Å². The van der Waals surface area contributed by atoms with Crippen LogP contribution < -0.4 is 0 Å². The van der Waals surface area contributed by atoms with Crippen molar-refractivity contribution < 1.29 is 5.11 Å². The smallest absolute Gasteiger partial charge is 0.197 e. The van der Waals surface area contributed by atoms with Crippen LogP contribution >= 0.6 is 11.8 Å². The van der Waals surface area contributed by atoms with E-state index in [1.165, 1.54) is 24.1 Å². The number of fused-ring (bicyclic) bond motifs is 1. The van der Waals surface area contributed by atoms with Crippen LogP contribution in [0.4, 0.5) is 0 Å². The third kappa shape index (κ3) is 2.34. The molecule has 4 rings (SSSR count). The maximum Gasteiger partial charge on any atom is 0.197 e. The fourth-order valence-corrected chi connectivity index (χ4v) is 3.66. The second-order valence-electron chi connectivity index (χ2n) is 5.66. The summed E-state index contributed by atoms with van der Waals surface area (Å²) in [5.74, 6) is 2.14. The third-order valence-electron chi connectivity index (χ3n) is 4.11. The summed E-state index contributed by atoms with van der Waals surface area (Å²) in [5, 5.41) is 19.2. The highest BCUT2D eigenvalue weighted by Gasteiger charge is 2.30. The maximum atomic E-state index is 9.22. The molecule has 0 spiro atoms. The normalized spacial score (nSPS) is 17.2. The Balaban J connectivity index is 1.72. The van der Waals surface area contributed by atoms with Crippen molar-refractivity contribution in [2.45, 2.75) is 54.8 Å². The monoisotopic (exact) mass is 303 g/mol. The first kappa shape index (κ1) is 13.2. The Bertz CT molecular complexity index is 695. The van der Waals surface area contributed by atoms with Gasteiger partial charge < -0.3 is 9.67 Å². The van der Waals surface area contributed by atoms with Gasteiger partial charge >= 0.3 is 0 Å². The van der Waals surface area contributed by atoms with Crippen LogP contribution in [0, 0.1) is 0 Å². The molecule has 2 aromatic heterocycles. The molecule has 110 valence electrons. The summed E-state index contributed by atoms with van der Waals surface area (Å²) in [6.45, 7) is -0.0980.